The van der Waals surface area contributed by atoms with Crippen molar-refractivity contribution in [2.45, 2.75) is 56.0 Å². The highest BCUT2D eigenvalue weighted by atomic mass is 32.3. The Bertz CT molecular complexity index is 884. The van der Waals surface area contributed by atoms with Gasteiger partial charge in [0, 0.05) is 18.5 Å². The smallest absolute Gasteiger partial charge is 0.465 e. The monoisotopic (exact) mass is 471 g/mol. The van der Waals surface area contributed by atoms with Crippen LogP contribution in [0.1, 0.15) is 51.4 Å². The molecule has 4 bridgehead atoms. The highest BCUT2D eigenvalue weighted by Crippen LogP contribution is 2.60. The summed E-state index contributed by atoms with van der Waals surface area (Å²) in [4.78, 5) is 12.6. The Morgan fingerprint density at radius 1 is 1.07 bits per heavy atom. The van der Waals surface area contributed by atoms with Gasteiger partial charge in [-0.25, -0.2) is 8.42 Å². The molecule has 172 valence electrons. The normalized spacial score (nSPS) is 37.3. The van der Waals surface area contributed by atoms with E-state index >= 15 is 0 Å². The van der Waals surface area contributed by atoms with Gasteiger partial charge in [-0.2, -0.15) is 21.5 Å². The van der Waals surface area contributed by atoms with Crippen LogP contribution < -0.4 is 0 Å². The molecule has 1 heterocycles. The molecule has 30 heavy (non-hydrogen) atoms. The number of hydrogen-bond donors (Lipinski definition) is 1. The lowest BCUT2D eigenvalue weighted by molar-refractivity contribution is -0.161. The summed E-state index contributed by atoms with van der Waals surface area (Å²) < 4.78 is 82.7. The van der Waals surface area contributed by atoms with Crippen LogP contribution in [0, 0.1) is 29.1 Å². The molecule has 0 spiro atoms. The molecule has 0 aromatic heterocycles. The Morgan fingerprint density at radius 2 is 1.60 bits per heavy atom. The molecular formula is C18H27F2NO7S2. The van der Waals surface area contributed by atoms with Crippen molar-refractivity contribution in [2.75, 3.05) is 19.7 Å². The van der Waals surface area contributed by atoms with E-state index in [0.29, 0.717) is 17.8 Å². The first-order chi connectivity index (χ1) is 13.8. The number of hydrogen-bond acceptors (Lipinski definition) is 6. The lowest BCUT2D eigenvalue weighted by Crippen LogP contribution is -2.52. The van der Waals surface area contributed by atoms with Crippen LogP contribution in [-0.2, 0) is 29.7 Å². The number of rotatable bonds is 6. The average molecular weight is 472 g/mol. The largest absolute Gasteiger partial charge is 0.484 e. The third-order valence-corrected chi connectivity index (χ3v) is 10.8. The van der Waals surface area contributed by atoms with Gasteiger partial charge in [0.1, 0.15) is 0 Å². The number of esters is 1. The molecule has 1 aliphatic heterocycles. The zero-order valence-electron chi connectivity index (χ0n) is 16.5. The van der Waals surface area contributed by atoms with E-state index in [9.17, 15) is 30.4 Å². The van der Waals surface area contributed by atoms with E-state index in [4.69, 9.17) is 9.29 Å². The Balaban J connectivity index is 1.40. The van der Waals surface area contributed by atoms with Crippen molar-refractivity contribution < 1.29 is 39.7 Å². The Labute approximate surface area is 175 Å². The molecule has 1 atom stereocenters. The first-order valence-electron chi connectivity index (χ1n) is 10.3. The number of carbonyl (C=O) groups excluding carboxylic acids is 1. The molecule has 0 aromatic carbocycles. The molecule has 4 aliphatic carbocycles. The summed E-state index contributed by atoms with van der Waals surface area (Å²) in [6.45, 7) is -0.681. The van der Waals surface area contributed by atoms with Crippen LogP contribution in [-0.4, -0.2) is 55.9 Å². The standard InChI is InChI=1S/C18H27F2NO7S2/c19-18(20,30(25,26)27)29(23,24)21-3-1-2-15(10-21)16(22)28-11-17-7-12-4-13(8-17)6-14(5-12)9-17/h12-15H,1-11H2,(H,25,26,27). The molecule has 5 aliphatic rings. The molecule has 1 N–H and O–H groups in total. The molecule has 1 unspecified atom stereocenters. The van der Waals surface area contributed by atoms with Gasteiger partial charge in [-0.15, -0.1) is 0 Å². The summed E-state index contributed by atoms with van der Waals surface area (Å²) in [6, 6.07) is 0. The number of carbonyl (C=O) groups is 1. The van der Waals surface area contributed by atoms with Crippen molar-refractivity contribution in [3.05, 3.63) is 0 Å². The van der Waals surface area contributed by atoms with E-state index in [2.05, 4.69) is 0 Å². The van der Waals surface area contributed by atoms with Crippen LogP contribution in [0.4, 0.5) is 8.78 Å². The third-order valence-electron chi connectivity index (χ3n) is 7.34. The molecule has 5 fully saturated rings. The molecule has 8 nitrogen and oxygen atoms in total. The van der Waals surface area contributed by atoms with E-state index in [-0.39, 0.29) is 35.7 Å². The molecule has 5 rings (SSSR count). The second kappa shape index (κ2) is 7.35. The number of ether oxygens (including phenoxy) is 1. The lowest BCUT2D eigenvalue weighted by Gasteiger charge is -2.56. The van der Waals surface area contributed by atoms with Crippen LogP contribution >= 0.6 is 0 Å². The third kappa shape index (κ3) is 3.77. The molecule has 0 radical (unpaired) electrons. The summed E-state index contributed by atoms with van der Waals surface area (Å²) in [6.07, 6.45) is 7.18. The second-order valence-electron chi connectivity index (χ2n) is 9.67. The van der Waals surface area contributed by atoms with Gasteiger partial charge < -0.3 is 4.74 Å². The van der Waals surface area contributed by atoms with E-state index in [1.807, 2.05) is 0 Å². The molecule has 1 saturated heterocycles. The number of nitrogens with zero attached hydrogens (tertiary/aromatic N) is 1. The van der Waals surface area contributed by atoms with Crippen LogP contribution in [0.2, 0.25) is 0 Å². The van der Waals surface area contributed by atoms with Crippen LogP contribution in [0.15, 0.2) is 0 Å². The predicted octanol–water partition coefficient (Wildman–Crippen LogP) is 2.23. The summed E-state index contributed by atoms with van der Waals surface area (Å²) in [5, 5.41) is 0. The zero-order chi connectivity index (χ0) is 21.9. The Hall–Kier alpha value is -0.850. The van der Waals surface area contributed by atoms with Gasteiger partial charge in [0.05, 0.1) is 12.5 Å². The zero-order valence-corrected chi connectivity index (χ0v) is 18.1. The number of piperidine rings is 1. The first kappa shape index (κ1) is 22.3. The highest BCUT2D eigenvalue weighted by Gasteiger charge is 2.60. The summed E-state index contributed by atoms with van der Waals surface area (Å²) in [5.74, 6) is 0.439. The van der Waals surface area contributed by atoms with Crippen molar-refractivity contribution in [3.63, 3.8) is 0 Å². The minimum absolute atomic E-state index is 0.0250. The maximum atomic E-state index is 13.8. The van der Waals surface area contributed by atoms with Crippen molar-refractivity contribution in [2.24, 2.45) is 29.1 Å². The number of halogens is 2. The van der Waals surface area contributed by atoms with Gasteiger partial charge in [0.15, 0.2) is 0 Å². The van der Waals surface area contributed by atoms with E-state index in [1.165, 1.54) is 19.3 Å². The van der Waals surface area contributed by atoms with Gasteiger partial charge in [-0.3, -0.25) is 9.35 Å². The fourth-order valence-corrected chi connectivity index (χ4v) is 8.87. The van der Waals surface area contributed by atoms with Gasteiger partial charge in [0.25, 0.3) is 10.0 Å². The Morgan fingerprint density at radius 3 is 2.10 bits per heavy atom. The SMILES string of the molecule is O=C(OCC12CC3CC(CC(C3)C1)C2)C1CCCN(S(=O)(=O)C(F)(F)S(=O)(=O)O)C1. The second-order valence-corrected chi connectivity index (χ2v) is 13.4. The van der Waals surface area contributed by atoms with Gasteiger partial charge in [-0.1, -0.05) is 0 Å². The lowest BCUT2D eigenvalue weighted by atomic mass is 9.50. The van der Waals surface area contributed by atoms with Crippen LogP contribution in [0.3, 0.4) is 0 Å². The van der Waals surface area contributed by atoms with Crippen molar-refractivity contribution in [3.8, 4) is 0 Å². The van der Waals surface area contributed by atoms with E-state index in [1.54, 1.807) is 0 Å². The van der Waals surface area contributed by atoms with Gasteiger partial charge in [0.2, 0.25) is 0 Å². The first-order valence-corrected chi connectivity index (χ1v) is 13.2. The van der Waals surface area contributed by atoms with Crippen LogP contribution in [0.25, 0.3) is 0 Å². The summed E-state index contributed by atoms with van der Waals surface area (Å²) in [5.41, 5.74) is -0.0250. The maximum absolute atomic E-state index is 13.8. The fourth-order valence-electron chi connectivity index (χ4n) is 6.45. The van der Waals surface area contributed by atoms with Crippen LogP contribution in [0.5, 0.6) is 0 Å². The minimum atomic E-state index is -6.16. The van der Waals surface area contributed by atoms with Gasteiger partial charge in [-0.05, 0) is 69.1 Å². The van der Waals surface area contributed by atoms with Crippen molar-refractivity contribution >= 4 is 26.1 Å². The quantitative estimate of drug-likeness (QED) is 0.466. The summed E-state index contributed by atoms with van der Waals surface area (Å²) >= 11 is 0. The molecule has 0 amide bonds. The van der Waals surface area contributed by atoms with Crippen molar-refractivity contribution in [1.29, 1.82) is 0 Å². The number of alkyl halides is 2. The molecule has 12 heteroatoms. The number of sulfonamides is 1. The Kier molecular flexibility index (Phi) is 5.47. The molecule has 0 aromatic rings. The van der Waals surface area contributed by atoms with E-state index in [0.717, 1.165) is 19.3 Å². The topological polar surface area (TPSA) is 118 Å². The van der Waals surface area contributed by atoms with Gasteiger partial charge >= 0.3 is 20.7 Å². The predicted molar refractivity (Wildman–Crippen MR) is 101 cm³/mol. The van der Waals surface area contributed by atoms with E-state index < -0.39 is 43.2 Å². The molecular weight excluding hydrogens is 444 g/mol. The maximum Gasteiger partial charge on any atom is 0.484 e. The minimum Gasteiger partial charge on any atom is -0.465 e. The van der Waals surface area contributed by atoms with Crippen molar-refractivity contribution in [1.82, 2.24) is 4.31 Å². The fraction of sp³-hybridized carbons (Fsp3) is 0.944. The highest BCUT2D eigenvalue weighted by molar-refractivity contribution is 8.06. The average Bonchev–Trinajstić information content (AvgIpc) is 2.64. The summed E-state index contributed by atoms with van der Waals surface area (Å²) in [7, 11) is -11.8. The molecule has 4 saturated carbocycles.